The number of hydrogen-bond donors (Lipinski definition) is 2. The minimum Gasteiger partial charge on any atom is -0.493 e. The lowest BCUT2D eigenvalue weighted by molar-refractivity contribution is -0.123. The molecule has 0 fully saturated rings. The summed E-state index contributed by atoms with van der Waals surface area (Å²) in [6.07, 6.45) is 0. The second-order valence-corrected chi connectivity index (χ2v) is 4.99. The number of para-hydroxylation sites is 2. The van der Waals surface area contributed by atoms with Crippen molar-refractivity contribution in [2.75, 3.05) is 18.5 Å². The number of imide groups is 1. The first-order chi connectivity index (χ1) is 12.5. The molecule has 0 saturated heterocycles. The summed E-state index contributed by atoms with van der Waals surface area (Å²) in [5, 5.41) is 4.12. The van der Waals surface area contributed by atoms with Crippen LogP contribution in [0.4, 0.5) is 14.9 Å². The second kappa shape index (κ2) is 9.16. The van der Waals surface area contributed by atoms with Crippen LogP contribution in [0.15, 0.2) is 48.5 Å². The lowest BCUT2D eigenvalue weighted by Crippen LogP contribution is -2.37. The van der Waals surface area contributed by atoms with Gasteiger partial charge in [0, 0.05) is 0 Å². The highest BCUT2D eigenvalue weighted by Crippen LogP contribution is 2.18. The first-order valence-electron chi connectivity index (χ1n) is 7.75. The zero-order valence-corrected chi connectivity index (χ0v) is 14.0. The second-order valence-electron chi connectivity index (χ2n) is 4.99. The maximum absolute atomic E-state index is 13.4. The van der Waals surface area contributed by atoms with Crippen molar-refractivity contribution < 1.29 is 28.2 Å². The number of carbonyl (C=O) groups is 3. The van der Waals surface area contributed by atoms with Crippen molar-refractivity contribution >= 4 is 23.6 Å². The van der Waals surface area contributed by atoms with Gasteiger partial charge in [0.1, 0.15) is 17.1 Å². The summed E-state index contributed by atoms with van der Waals surface area (Å²) in [6.45, 7) is 1.45. The van der Waals surface area contributed by atoms with E-state index in [-0.39, 0.29) is 11.3 Å². The maximum Gasteiger partial charge on any atom is 0.342 e. The Labute approximate surface area is 149 Å². The molecule has 0 aliphatic carbocycles. The molecule has 0 saturated carbocycles. The summed E-state index contributed by atoms with van der Waals surface area (Å²) in [7, 11) is 0. The van der Waals surface area contributed by atoms with Gasteiger partial charge >= 0.3 is 12.0 Å². The molecule has 2 N–H and O–H groups in total. The number of amides is 3. The zero-order valence-electron chi connectivity index (χ0n) is 14.0. The van der Waals surface area contributed by atoms with Gasteiger partial charge in [0.2, 0.25) is 0 Å². The van der Waals surface area contributed by atoms with E-state index in [1.165, 1.54) is 24.3 Å². The fourth-order valence-corrected chi connectivity index (χ4v) is 2.00. The molecule has 0 radical (unpaired) electrons. The van der Waals surface area contributed by atoms with Crippen molar-refractivity contribution in [2.24, 2.45) is 0 Å². The van der Waals surface area contributed by atoms with Crippen molar-refractivity contribution in [3.8, 4) is 5.75 Å². The third-order valence-corrected chi connectivity index (χ3v) is 3.12. The van der Waals surface area contributed by atoms with Crippen LogP contribution in [0.1, 0.15) is 17.3 Å². The maximum atomic E-state index is 13.4. The molecule has 0 aromatic heterocycles. The van der Waals surface area contributed by atoms with Crippen LogP contribution in [0.3, 0.4) is 0 Å². The summed E-state index contributed by atoms with van der Waals surface area (Å²) in [5.41, 5.74) is 0.0818. The Morgan fingerprint density at radius 1 is 1.04 bits per heavy atom. The molecule has 2 aromatic rings. The summed E-state index contributed by atoms with van der Waals surface area (Å²) in [4.78, 5) is 35.4. The fraction of sp³-hybridized carbons (Fsp3) is 0.167. The summed E-state index contributed by atoms with van der Waals surface area (Å²) in [6, 6.07) is 11.0. The number of ether oxygens (including phenoxy) is 2. The lowest BCUT2D eigenvalue weighted by atomic mass is 10.2. The number of carbonyl (C=O) groups excluding carboxylic acids is 3. The number of nitrogens with one attached hydrogen (secondary N) is 2. The summed E-state index contributed by atoms with van der Waals surface area (Å²) in [5.74, 6) is -1.94. The van der Waals surface area contributed by atoms with E-state index in [1.54, 1.807) is 25.1 Å². The van der Waals surface area contributed by atoms with Crippen molar-refractivity contribution in [1.82, 2.24) is 5.32 Å². The molecule has 0 atom stereocenters. The Hall–Kier alpha value is -3.42. The van der Waals surface area contributed by atoms with E-state index in [2.05, 4.69) is 5.32 Å². The quantitative estimate of drug-likeness (QED) is 0.773. The largest absolute Gasteiger partial charge is 0.493 e. The standard InChI is InChI=1S/C18H17FN2O5/c1-2-25-15-10-6-3-7-12(15)17(23)26-11-16(22)21-18(24)20-14-9-5-4-8-13(14)19/h3-10H,2,11H2,1H3,(H2,20,21,22,24). The van der Waals surface area contributed by atoms with Crippen molar-refractivity contribution in [3.63, 3.8) is 0 Å². The van der Waals surface area contributed by atoms with Crippen LogP contribution in [-0.4, -0.2) is 31.1 Å². The molecule has 7 nitrogen and oxygen atoms in total. The number of rotatable bonds is 6. The molecule has 136 valence electrons. The normalized spacial score (nSPS) is 9.92. The highest BCUT2D eigenvalue weighted by atomic mass is 19.1. The van der Waals surface area contributed by atoms with Gasteiger partial charge in [0.25, 0.3) is 5.91 Å². The van der Waals surface area contributed by atoms with E-state index in [0.29, 0.717) is 12.4 Å². The average Bonchev–Trinajstić information content (AvgIpc) is 2.62. The third-order valence-electron chi connectivity index (χ3n) is 3.12. The molecule has 8 heteroatoms. The average molecular weight is 360 g/mol. The first-order valence-corrected chi connectivity index (χ1v) is 7.75. The monoisotopic (exact) mass is 360 g/mol. The predicted octanol–water partition coefficient (Wildman–Crippen LogP) is 2.73. The van der Waals surface area contributed by atoms with E-state index >= 15 is 0 Å². The van der Waals surface area contributed by atoms with Gasteiger partial charge in [-0.2, -0.15) is 0 Å². The molecule has 0 aliphatic heterocycles. The van der Waals surface area contributed by atoms with Crippen LogP contribution >= 0.6 is 0 Å². The summed E-state index contributed by atoms with van der Waals surface area (Å²) < 4.78 is 23.6. The smallest absolute Gasteiger partial charge is 0.342 e. The van der Waals surface area contributed by atoms with E-state index in [0.717, 1.165) is 6.07 Å². The highest BCUT2D eigenvalue weighted by Gasteiger charge is 2.16. The number of anilines is 1. The van der Waals surface area contributed by atoms with E-state index in [1.807, 2.05) is 5.32 Å². The zero-order chi connectivity index (χ0) is 18.9. The molecule has 0 unspecified atom stereocenters. The predicted molar refractivity (Wildman–Crippen MR) is 91.5 cm³/mol. The topological polar surface area (TPSA) is 93.7 Å². The lowest BCUT2D eigenvalue weighted by Gasteiger charge is -2.10. The van der Waals surface area contributed by atoms with Crippen molar-refractivity contribution in [3.05, 3.63) is 59.9 Å². The van der Waals surface area contributed by atoms with Crippen molar-refractivity contribution in [1.29, 1.82) is 0 Å². The van der Waals surface area contributed by atoms with Gasteiger partial charge in [-0.3, -0.25) is 10.1 Å². The molecular formula is C18H17FN2O5. The molecule has 2 aromatic carbocycles. The minimum atomic E-state index is -0.939. The third kappa shape index (κ3) is 5.30. The Morgan fingerprint density at radius 2 is 1.73 bits per heavy atom. The van der Waals surface area contributed by atoms with E-state index < -0.39 is 30.3 Å². The van der Waals surface area contributed by atoms with Crippen LogP contribution in [0.5, 0.6) is 5.75 Å². The Bertz CT molecular complexity index is 810. The summed E-state index contributed by atoms with van der Waals surface area (Å²) >= 11 is 0. The molecule has 0 aliphatic rings. The SMILES string of the molecule is CCOc1ccccc1C(=O)OCC(=O)NC(=O)Nc1ccccc1F. The van der Waals surface area contributed by atoms with E-state index in [4.69, 9.17) is 9.47 Å². The minimum absolute atomic E-state index is 0.0829. The molecule has 3 amide bonds. The molecule has 0 bridgehead atoms. The number of esters is 1. The number of benzene rings is 2. The highest BCUT2D eigenvalue weighted by molar-refractivity contribution is 6.02. The fourth-order valence-electron chi connectivity index (χ4n) is 2.00. The van der Waals surface area contributed by atoms with Gasteiger partial charge in [-0.15, -0.1) is 0 Å². The van der Waals surface area contributed by atoms with Gasteiger partial charge in [0.05, 0.1) is 12.3 Å². The molecule has 2 rings (SSSR count). The van der Waals surface area contributed by atoms with Gasteiger partial charge in [0.15, 0.2) is 6.61 Å². The number of halogens is 1. The Balaban J connectivity index is 1.86. The molecule has 0 spiro atoms. The van der Waals surface area contributed by atoms with Gasteiger partial charge in [-0.05, 0) is 31.2 Å². The number of urea groups is 1. The first kappa shape index (κ1) is 18.9. The van der Waals surface area contributed by atoms with Gasteiger partial charge in [-0.25, -0.2) is 14.0 Å². The van der Waals surface area contributed by atoms with Crippen LogP contribution in [0.2, 0.25) is 0 Å². The van der Waals surface area contributed by atoms with Gasteiger partial charge < -0.3 is 14.8 Å². The van der Waals surface area contributed by atoms with Crippen LogP contribution in [-0.2, 0) is 9.53 Å². The van der Waals surface area contributed by atoms with Crippen LogP contribution < -0.4 is 15.4 Å². The van der Waals surface area contributed by atoms with E-state index in [9.17, 15) is 18.8 Å². The molecular weight excluding hydrogens is 343 g/mol. The molecule has 26 heavy (non-hydrogen) atoms. The van der Waals surface area contributed by atoms with Gasteiger partial charge in [-0.1, -0.05) is 24.3 Å². The molecule has 0 heterocycles. The number of hydrogen-bond acceptors (Lipinski definition) is 5. The van der Waals surface area contributed by atoms with Crippen LogP contribution in [0.25, 0.3) is 0 Å². The Morgan fingerprint density at radius 3 is 2.46 bits per heavy atom. The van der Waals surface area contributed by atoms with Crippen molar-refractivity contribution in [2.45, 2.75) is 6.92 Å². The van der Waals surface area contributed by atoms with Crippen LogP contribution in [0, 0.1) is 5.82 Å². The Kier molecular flexibility index (Phi) is 6.67.